The Hall–Kier alpha value is -0.720. The second-order valence-corrected chi connectivity index (χ2v) is 3.70. The second kappa shape index (κ2) is 6.71. The Bertz CT molecular complexity index is 191. The maximum atomic E-state index is 10.6. The minimum Gasteiger partial charge on any atom is -0.305 e. The van der Waals surface area contributed by atoms with Crippen LogP contribution in [0, 0.1) is 4.91 Å². The van der Waals surface area contributed by atoms with Gasteiger partial charge in [0.15, 0.2) is 0 Å². The van der Waals surface area contributed by atoms with Gasteiger partial charge in [0.25, 0.3) is 0 Å². The highest BCUT2D eigenvalue weighted by Gasteiger charge is 2.29. The molecule has 0 saturated heterocycles. The minimum absolute atomic E-state index is 0.0463. The molecule has 1 rings (SSSR count). The summed E-state index contributed by atoms with van der Waals surface area (Å²) in [5, 5.41) is 4.00. The molecule has 15 heavy (non-hydrogen) atoms. The summed E-state index contributed by atoms with van der Waals surface area (Å²) in [6, 6.07) is 0.0464. The van der Waals surface area contributed by atoms with Gasteiger partial charge in [-0.25, -0.2) is 0 Å². The van der Waals surface area contributed by atoms with Crippen molar-refractivity contribution < 1.29 is 9.68 Å². The van der Waals surface area contributed by atoms with E-state index in [0.717, 1.165) is 30.9 Å². The molecule has 88 valence electrons. The molecule has 1 N–H and O–H groups in total. The van der Waals surface area contributed by atoms with E-state index in [2.05, 4.69) is 10.8 Å². The van der Waals surface area contributed by atoms with E-state index in [-0.39, 0.29) is 12.1 Å². The lowest BCUT2D eigenvalue weighted by Gasteiger charge is -2.29. The molecule has 6 heteroatoms. The van der Waals surface area contributed by atoms with Crippen LogP contribution in [0.5, 0.6) is 0 Å². The first-order valence-electron chi connectivity index (χ1n) is 5.28. The summed E-state index contributed by atoms with van der Waals surface area (Å²) < 4.78 is 0. The predicted octanol–water partition coefficient (Wildman–Crippen LogP) is 1.38. The zero-order valence-corrected chi connectivity index (χ0v) is 9.31. The first-order chi connectivity index (χ1) is 7.33. The first kappa shape index (κ1) is 12.4. The quantitative estimate of drug-likeness (QED) is 0.428. The topological polar surface area (TPSA) is 63.2 Å². The largest absolute Gasteiger partial charge is 0.305 e. The van der Waals surface area contributed by atoms with Crippen molar-refractivity contribution in [3.63, 3.8) is 0 Å². The monoisotopic (exact) mass is 217 g/mol. The normalized spacial score (nSPS) is 27.1. The third-order valence-corrected chi connectivity index (χ3v) is 2.80. The maximum absolute atomic E-state index is 10.6. The second-order valence-electron chi connectivity index (χ2n) is 3.70. The Morgan fingerprint density at radius 1 is 1.27 bits per heavy atom. The SMILES string of the molecule is CON[C@H]1CCCCC[C@H]1N(N=O)OC. The average Bonchev–Trinajstić information content (AvgIpc) is 2.47. The Labute approximate surface area is 89.8 Å². The standard InChI is InChI=1S/C9H19N3O3/c1-14-10-8-6-4-3-5-7-9(8)12(11-13)15-2/h8-10H,3-7H2,1-2H3/t8-,9+/m0/s1. The third kappa shape index (κ3) is 3.40. The lowest BCUT2D eigenvalue weighted by molar-refractivity contribution is -0.179. The summed E-state index contributed by atoms with van der Waals surface area (Å²) in [5.74, 6) is 0. The Morgan fingerprint density at radius 2 is 2.00 bits per heavy atom. The number of nitrogens with zero attached hydrogens (tertiary/aromatic N) is 2. The van der Waals surface area contributed by atoms with E-state index in [4.69, 9.17) is 9.68 Å². The number of hydrogen-bond acceptors (Lipinski definition) is 5. The van der Waals surface area contributed by atoms with Crippen LogP contribution in [0.1, 0.15) is 32.1 Å². The molecule has 0 radical (unpaired) electrons. The summed E-state index contributed by atoms with van der Waals surface area (Å²) in [6.07, 6.45) is 5.25. The highest BCUT2D eigenvalue weighted by molar-refractivity contribution is 4.81. The number of hydrogen-bond donors (Lipinski definition) is 1. The van der Waals surface area contributed by atoms with Crippen LogP contribution in [0.3, 0.4) is 0 Å². The van der Waals surface area contributed by atoms with Crippen LogP contribution in [0.2, 0.25) is 0 Å². The van der Waals surface area contributed by atoms with Crippen molar-refractivity contribution in [3.05, 3.63) is 4.91 Å². The molecule has 0 aliphatic heterocycles. The first-order valence-corrected chi connectivity index (χ1v) is 5.28. The minimum atomic E-state index is -0.0463. The van der Waals surface area contributed by atoms with Crippen LogP contribution >= 0.6 is 0 Å². The van der Waals surface area contributed by atoms with E-state index in [1.807, 2.05) is 0 Å². The van der Waals surface area contributed by atoms with Crippen LogP contribution < -0.4 is 5.48 Å². The van der Waals surface area contributed by atoms with Gasteiger partial charge in [-0.05, 0) is 12.8 Å². The fourth-order valence-corrected chi connectivity index (χ4v) is 2.07. The maximum Gasteiger partial charge on any atom is 0.0965 e. The van der Waals surface area contributed by atoms with Crippen molar-refractivity contribution in [2.45, 2.75) is 44.2 Å². The van der Waals surface area contributed by atoms with E-state index in [0.29, 0.717) is 0 Å². The van der Waals surface area contributed by atoms with Crippen LogP contribution in [0.25, 0.3) is 0 Å². The van der Waals surface area contributed by atoms with Crippen molar-refractivity contribution in [3.8, 4) is 0 Å². The number of hydroxylamine groups is 2. The highest BCUT2D eigenvalue weighted by atomic mass is 16.7. The van der Waals surface area contributed by atoms with Crippen molar-refractivity contribution in [1.29, 1.82) is 0 Å². The van der Waals surface area contributed by atoms with Gasteiger partial charge in [0.2, 0.25) is 0 Å². The summed E-state index contributed by atoms with van der Waals surface area (Å²) in [7, 11) is 3.03. The number of nitrogens with one attached hydrogen (secondary N) is 1. The molecule has 0 aromatic rings. The molecule has 0 aromatic carbocycles. The molecular formula is C9H19N3O3. The van der Waals surface area contributed by atoms with E-state index < -0.39 is 0 Å². The fraction of sp³-hybridized carbons (Fsp3) is 1.00. The van der Waals surface area contributed by atoms with Gasteiger partial charge in [0.05, 0.1) is 31.6 Å². The lowest BCUT2D eigenvalue weighted by Crippen LogP contribution is -2.46. The molecule has 0 unspecified atom stereocenters. The van der Waals surface area contributed by atoms with Gasteiger partial charge in [-0.3, -0.25) is 4.84 Å². The molecular weight excluding hydrogens is 198 g/mol. The zero-order chi connectivity index (χ0) is 11.1. The Kier molecular flexibility index (Phi) is 5.52. The van der Waals surface area contributed by atoms with Gasteiger partial charge < -0.3 is 4.84 Å². The van der Waals surface area contributed by atoms with Gasteiger partial charge in [-0.15, -0.1) is 10.1 Å². The Morgan fingerprint density at radius 3 is 2.60 bits per heavy atom. The van der Waals surface area contributed by atoms with Crippen molar-refractivity contribution in [1.82, 2.24) is 10.7 Å². The third-order valence-electron chi connectivity index (χ3n) is 2.80. The number of rotatable bonds is 5. The van der Waals surface area contributed by atoms with Gasteiger partial charge in [-0.1, -0.05) is 19.3 Å². The van der Waals surface area contributed by atoms with E-state index in [1.165, 1.54) is 13.5 Å². The summed E-state index contributed by atoms with van der Waals surface area (Å²) in [6.45, 7) is 0. The zero-order valence-electron chi connectivity index (χ0n) is 9.31. The van der Waals surface area contributed by atoms with E-state index >= 15 is 0 Å². The summed E-state index contributed by atoms with van der Waals surface area (Å²) in [4.78, 5) is 20.4. The fourth-order valence-electron chi connectivity index (χ4n) is 2.07. The highest BCUT2D eigenvalue weighted by Crippen LogP contribution is 2.22. The van der Waals surface area contributed by atoms with Gasteiger partial charge in [0.1, 0.15) is 0 Å². The lowest BCUT2D eigenvalue weighted by atomic mass is 10.0. The predicted molar refractivity (Wildman–Crippen MR) is 55.4 cm³/mol. The molecule has 1 fully saturated rings. The molecule has 0 heterocycles. The molecule has 0 amide bonds. The molecule has 6 nitrogen and oxygen atoms in total. The molecule has 1 aliphatic rings. The number of nitroso groups, excluding NO2 is 1. The smallest absolute Gasteiger partial charge is 0.0965 e. The van der Waals surface area contributed by atoms with Gasteiger partial charge in [-0.2, -0.15) is 5.48 Å². The molecule has 0 aromatic heterocycles. The Balaban J connectivity index is 2.63. The van der Waals surface area contributed by atoms with Crippen LogP contribution in [-0.4, -0.2) is 31.5 Å². The van der Waals surface area contributed by atoms with Crippen molar-refractivity contribution in [2.75, 3.05) is 14.2 Å². The molecule has 1 aliphatic carbocycles. The summed E-state index contributed by atoms with van der Waals surface area (Å²) >= 11 is 0. The van der Waals surface area contributed by atoms with Crippen LogP contribution in [0.15, 0.2) is 5.29 Å². The van der Waals surface area contributed by atoms with Gasteiger partial charge in [0, 0.05) is 0 Å². The van der Waals surface area contributed by atoms with Crippen molar-refractivity contribution >= 4 is 0 Å². The molecule has 1 saturated carbocycles. The van der Waals surface area contributed by atoms with Crippen LogP contribution in [0.4, 0.5) is 0 Å². The van der Waals surface area contributed by atoms with Gasteiger partial charge >= 0.3 is 0 Å². The molecule has 0 bridgehead atoms. The average molecular weight is 217 g/mol. The van der Waals surface area contributed by atoms with Crippen LogP contribution in [-0.2, 0) is 9.68 Å². The molecule has 0 spiro atoms. The summed E-state index contributed by atoms with van der Waals surface area (Å²) in [5.41, 5.74) is 2.90. The molecule has 2 atom stereocenters. The van der Waals surface area contributed by atoms with E-state index in [1.54, 1.807) is 7.11 Å². The van der Waals surface area contributed by atoms with E-state index in [9.17, 15) is 4.91 Å². The van der Waals surface area contributed by atoms with Crippen molar-refractivity contribution in [2.24, 2.45) is 5.29 Å².